The number of hydrogen-bond donors (Lipinski definition) is 4. The molecule has 12 nitrogen and oxygen atoms in total. The Hall–Kier alpha value is -3.42. The van der Waals surface area contributed by atoms with E-state index in [4.69, 9.17) is 26.9 Å². The number of aromatic nitrogens is 2. The number of alkyl carbamates (subject to hydrolysis) is 1. The SMILES string of the molecule is CONc1ccc(N2CCN(C)CC2)c(COC(=O)NC2CC3CC2C(Nc2nc(Cl)ncc2F)C3C(N)=O)c1. The minimum atomic E-state index is -0.694. The van der Waals surface area contributed by atoms with E-state index in [1.807, 2.05) is 18.2 Å². The number of piperazine rings is 1. The molecule has 0 spiro atoms. The van der Waals surface area contributed by atoms with Gasteiger partial charge in [-0.25, -0.2) is 14.2 Å². The van der Waals surface area contributed by atoms with E-state index in [1.165, 1.54) is 7.11 Å². The number of nitrogens with two attached hydrogens (primary N) is 1. The van der Waals surface area contributed by atoms with Crippen molar-refractivity contribution < 1.29 is 23.6 Å². The second-order valence-corrected chi connectivity index (χ2v) is 10.9. The Bertz CT molecular complexity index is 1250. The number of carbonyl (C=O) groups excluding carboxylic acids is 2. The number of anilines is 3. The Kier molecular flexibility index (Phi) is 8.43. The minimum Gasteiger partial charge on any atom is -0.445 e. The Morgan fingerprint density at radius 3 is 2.73 bits per heavy atom. The van der Waals surface area contributed by atoms with Gasteiger partial charge in [-0.2, -0.15) is 4.98 Å². The zero-order chi connectivity index (χ0) is 28.4. The Morgan fingerprint density at radius 1 is 1.23 bits per heavy atom. The van der Waals surface area contributed by atoms with Crippen LogP contribution in [0.1, 0.15) is 18.4 Å². The van der Waals surface area contributed by atoms with E-state index in [-0.39, 0.29) is 35.6 Å². The van der Waals surface area contributed by atoms with Crippen LogP contribution < -0.4 is 26.7 Å². The van der Waals surface area contributed by atoms with E-state index < -0.39 is 29.8 Å². The fourth-order valence-electron chi connectivity index (χ4n) is 6.31. The largest absolute Gasteiger partial charge is 0.445 e. The van der Waals surface area contributed by atoms with Gasteiger partial charge in [-0.1, -0.05) is 0 Å². The second kappa shape index (κ2) is 12.0. The van der Waals surface area contributed by atoms with Crippen LogP contribution in [0.2, 0.25) is 5.28 Å². The zero-order valence-electron chi connectivity index (χ0n) is 22.4. The van der Waals surface area contributed by atoms with Gasteiger partial charge in [0, 0.05) is 55.4 Å². The van der Waals surface area contributed by atoms with Gasteiger partial charge in [-0.3, -0.25) is 15.1 Å². The molecule has 2 aromatic rings. The summed E-state index contributed by atoms with van der Waals surface area (Å²) in [6.07, 6.45) is 1.61. The van der Waals surface area contributed by atoms with Gasteiger partial charge in [-0.05, 0) is 55.6 Å². The molecule has 3 aliphatic rings. The number of ether oxygens (including phenoxy) is 1. The molecule has 2 saturated carbocycles. The molecule has 2 amide bonds. The molecule has 1 aliphatic heterocycles. The molecule has 5 rings (SSSR count). The molecular formula is C26H34ClFN8O4. The maximum Gasteiger partial charge on any atom is 0.407 e. The number of carbonyl (C=O) groups is 2. The van der Waals surface area contributed by atoms with Crippen molar-refractivity contribution in [2.24, 2.45) is 23.5 Å². The molecule has 2 bridgehead atoms. The number of nitrogens with zero attached hydrogens (tertiary/aromatic N) is 4. The van der Waals surface area contributed by atoms with Crippen LogP contribution in [0.15, 0.2) is 24.4 Å². The van der Waals surface area contributed by atoms with Gasteiger partial charge < -0.3 is 30.9 Å². The lowest BCUT2D eigenvalue weighted by atomic mass is 9.81. The van der Waals surface area contributed by atoms with Crippen LogP contribution in [0, 0.1) is 23.6 Å². The third kappa shape index (κ3) is 6.01. The molecule has 0 radical (unpaired) electrons. The van der Waals surface area contributed by atoms with Crippen molar-refractivity contribution in [1.82, 2.24) is 20.2 Å². The molecule has 216 valence electrons. The first kappa shape index (κ1) is 28.1. The van der Waals surface area contributed by atoms with Gasteiger partial charge in [-0.15, -0.1) is 0 Å². The van der Waals surface area contributed by atoms with Gasteiger partial charge >= 0.3 is 6.09 Å². The van der Waals surface area contributed by atoms with E-state index in [0.717, 1.165) is 49.3 Å². The summed E-state index contributed by atoms with van der Waals surface area (Å²) in [6, 6.07) is 5.01. The van der Waals surface area contributed by atoms with Crippen molar-refractivity contribution in [2.75, 3.05) is 56.0 Å². The average molecular weight is 577 g/mol. The summed E-state index contributed by atoms with van der Waals surface area (Å²) in [5.41, 5.74) is 11.1. The fraction of sp³-hybridized carbons (Fsp3) is 0.538. The molecule has 40 heavy (non-hydrogen) atoms. The summed E-state index contributed by atoms with van der Waals surface area (Å²) in [4.78, 5) is 42.4. The molecule has 3 fully saturated rings. The van der Waals surface area contributed by atoms with Gasteiger partial charge in [0.25, 0.3) is 0 Å². The van der Waals surface area contributed by atoms with Crippen LogP contribution in [-0.4, -0.2) is 79.3 Å². The van der Waals surface area contributed by atoms with E-state index in [9.17, 15) is 14.0 Å². The van der Waals surface area contributed by atoms with Crippen LogP contribution >= 0.6 is 11.6 Å². The standard InChI is InChI=1S/C26H34ClFN8O4/c1-35-5-7-36(8-6-35)20-4-3-16(34-39-2)9-15(20)13-40-26(38)31-19-11-14-10-17(19)22(21(14)23(29)37)32-24-18(28)12-30-25(27)33-24/h3-4,9,12,14,17,19,21-22,34H,5-8,10-11,13H2,1-2H3,(H2,29,37)(H,31,38)(H,30,32,33). The Morgan fingerprint density at radius 2 is 2.00 bits per heavy atom. The summed E-state index contributed by atoms with van der Waals surface area (Å²) in [6.45, 7) is 3.67. The molecule has 5 N–H and O–H groups in total. The Labute approximate surface area is 236 Å². The smallest absolute Gasteiger partial charge is 0.407 e. The van der Waals surface area contributed by atoms with Crippen LogP contribution in [0.25, 0.3) is 0 Å². The maximum atomic E-state index is 14.4. The van der Waals surface area contributed by atoms with Crippen molar-refractivity contribution >= 4 is 40.8 Å². The topological polar surface area (TPSA) is 147 Å². The zero-order valence-corrected chi connectivity index (χ0v) is 23.2. The van der Waals surface area contributed by atoms with Crippen molar-refractivity contribution in [3.05, 3.63) is 41.1 Å². The van der Waals surface area contributed by atoms with Crippen LogP contribution in [0.5, 0.6) is 0 Å². The van der Waals surface area contributed by atoms with Crippen molar-refractivity contribution in [3.63, 3.8) is 0 Å². The van der Waals surface area contributed by atoms with Gasteiger partial charge in [0.2, 0.25) is 11.2 Å². The van der Waals surface area contributed by atoms with E-state index >= 15 is 0 Å². The molecule has 1 aromatic heterocycles. The van der Waals surface area contributed by atoms with Gasteiger partial charge in [0.1, 0.15) is 6.61 Å². The van der Waals surface area contributed by atoms with E-state index in [2.05, 4.69) is 42.9 Å². The lowest BCUT2D eigenvalue weighted by Crippen LogP contribution is -2.51. The molecule has 1 aromatic carbocycles. The van der Waals surface area contributed by atoms with Gasteiger partial charge in [0.15, 0.2) is 11.6 Å². The summed E-state index contributed by atoms with van der Waals surface area (Å²) in [5, 5.41) is 5.84. The number of fused-ring (bicyclic) bond motifs is 2. The average Bonchev–Trinajstić information content (AvgIpc) is 3.48. The highest BCUT2D eigenvalue weighted by molar-refractivity contribution is 6.28. The highest BCUT2D eigenvalue weighted by atomic mass is 35.5. The third-order valence-corrected chi connectivity index (χ3v) is 8.34. The van der Waals surface area contributed by atoms with Crippen LogP contribution in [0.4, 0.5) is 26.4 Å². The van der Waals surface area contributed by atoms with Crippen LogP contribution in [-0.2, 0) is 21.0 Å². The molecule has 5 unspecified atom stereocenters. The number of halogens is 2. The number of nitrogens with one attached hydrogen (secondary N) is 3. The molecule has 1 saturated heterocycles. The highest BCUT2D eigenvalue weighted by Gasteiger charge is 2.55. The third-order valence-electron chi connectivity index (χ3n) is 8.16. The number of hydrogen-bond acceptors (Lipinski definition) is 10. The van der Waals surface area contributed by atoms with Gasteiger partial charge in [0.05, 0.1) is 24.9 Å². The first-order valence-corrected chi connectivity index (χ1v) is 13.6. The van der Waals surface area contributed by atoms with Crippen molar-refractivity contribution in [3.8, 4) is 0 Å². The van der Waals surface area contributed by atoms with Crippen molar-refractivity contribution in [2.45, 2.75) is 31.5 Å². The first-order chi connectivity index (χ1) is 19.2. The number of likely N-dealkylation sites (N-methyl/N-ethyl adjacent to an activating group) is 1. The minimum absolute atomic E-state index is 0.0593. The first-order valence-electron chi connectivity index (χ1n) is 13.3. The summed E-state index contributed by atoms with van der Waals surface area (Å²) in [5.74, 6) is -2.06. The maximum absolute atomic E-state index is 14.4. The summed E-state index contributed by atoms with van der Waals surface area (Å²) < 4.78 is 20.0. The molecule has 2 heterocycles. The second-order valence-electron chi connectivity index (χ2n) is 10.6. The number of primary amides is 1. The lowest BCUT2D eigenvalue weighted by Gasteiger charge is -2.35. The van der Waals surface area contributed by atoms with E-state index in [1.54, 1.807) is 0 Å². The normalized spacial score (nSPS) is 26.0. The van der Waals surface area contributed by atoms with Crippen LogP contribution in [0.3, 0.4) is 0 Å². The number of amides is 2. The van der Waals surface area contributed by atoms with E-state index in [0.29, 0.717) is 12.8 Å². The molecule has 2 aliphatic carbocycles. The fourth-order valence-corrected chi connectivity index (χ4v) is 6.45. The highest BCUT2D eigenvalue weighted by Crippen LogP contribution is 2.49. The molecule has 5 atom stereocenters. The predicted molar refractivity (Wildman–Crippen MR) is 147 cm³/mol. The Balaban J connectivity index is 1.25. The predicted octanol–water partition coefficient (Wildman–Crippen LogP) is 2.21. The molecular weight excluding hydrogens is 543 g/mol. The number of benzene rings is 1. The monoisotopic (exact) mass is 576 g/mol. The quantitative estimate of drug-likeness (QED) is 0.259. The number of rotatable bonds is 9. The lowest BCUT2D eigenvalue weighted by molar-refractivity contribution is -0.123. The van der Waals surface area contributed by atoms with Crippen molar-refractivity contribution in [1.29, 1.82) is 0 Å². The summed E-state index contributed by atoms with van der Waals surface area (Å²) in [7, 11) is 3.63. The summed E-state index contributed by atoms with van der Waals surface area (Å²) >= 11 is 5.85. The molecule has 14 heteroatoms.